The maximum Gasteiger partial charge on any atom is 0.255 e. The van der Waals surface area contributed by atoms with Crippen LogP contribution in [0.4, 0.5) is 0 Å². The number of aromatic nitrogens is 2. The summed E-state index contributed by atoms with van der Waals surface area (Å²) in [6, 6.07) is 10.4. The molecule has 6 heteroatoms. The number of carbonyl (C=O) groups excluding carboxylic acids is 1. The molecular formula is C17H22N4O2. The van der Waals surface area contributed by atoms with Crippen LogP contribution in [0.5, 0.6) is 0 Å². The highest BCUT2D eigenvalue weighted by molar-refractivity contribution is 5.81. The first-order valence-electron chi connectivity index (χ1n) is 7.95. The number of hydrogen-bond donors (Lipinski definition) is 3. The van der Waals surface area contributed by atoms with Crippen molar-refractivity contribution in [3.8, 4) is 0 Å². The van der Waals surface area contributed by atoms with E-state index in [1.54, 1.807) is 0 Å². The van der Waals surface area contributed by atoms with Crippen LogP contribution >= 0.6 is 0 Å². The monoisotopic (exact) mass is 314 g/mol. The maximum atomic E-state index is 12.1. The van der Waals surface area contributed by atoms with Gasteiger partial charge in [-0.3, -0.25) is 9.69 Å². The quantitative estimate of drug-likeness (QED) is 0.775. The largest absolute Gasteiger partial charge is 0.377 e. The highest BCUT2D eigenvalue weighted by atomic mass is 16.3. The molecule has 0 radical (unpaired) electrons. The van der Waals surface area contributed by atoms with Gasteiger partial charge >= 0.3 is 0 Å². The first-order valence-corrected chi connectivity index (χ1v) is 7.95. The summed E-state index contributed by atoms with van der Waals surface area (Å²) in [6.45, 7) is 2.72. The molecule has 122 valence electrons. The second-order valence-corrected chi connectivity index (χ2v) is 5.98. The summed E-state index contributed by atoms with van der Waals surface area (Å²) in [6.07, 6.45) is 3.70. The number of piperidine rings is 1. The van der Waals surface area contributed by atoms with Crippen molar-refractivity contribution < 1.29 is 9.90 Å². The Balaban J connectivity index is 1.53. The van der Waals surface area contributed by atoms with Gasteiger partial charge in [0.1, 0.15) is 0 Å². The van der Waals surface area contributed by atoms with E-state index in [2.05, 4.69) is 32.3 Å². The summed E-state index contributed by atoms with van der Waals surface area (Å²) >= 11 is 0. The summed E-state index contributed by atoms with van der Waals surface area (Å²) in [5.74, 6) is -0.374. The summed E-state index contributed by atoms with van der Waals surface area (Å²) in [7, 11) is 0. The topological polar surface area (TPSA) is 81.2 Å². The van der Waals surface area contributed by atoms with E-state index >= 15 is 0 Å². The summed E-state index contributed by atoms with van der Waals surface area (Å²) < 4.78 is 0. The molecule has 2 unspecified atom stereocenters. The third-order valence-corrected chi connectivity index (χ3v) is 4.16. The van der Waals surface area contributed by atoms with Crippen LogP contribution in [-0.4, -0.2) is 45.0 Å². The van der Waals surface area contributed by atoms with Crippen molar-refractivity contribution in [1.29, 1.82) is 0 Å². The van der Waals surface area contributed by atoms with Gasteiger partial charge in [-0.2, -0.15) is 0 Å². The molecule has 2 heterocycles. The van der Waals surface area contributed by atoms with E-state index in [1.165, 1.54) is 18.1 Å². The molecule has 0 saturated carbocycles. The Morgan fingerprint density at radius 1 is 1.43 bits per heavy atom. The van der Waals surface area contributed by atoms with Gasteiger partial charge in [-0.05, 0) is 24.9 Å². The molecule has 1 aromatic carbocycles. The van der Waals surface area contributed by atoms with Crippen LogP contribution < -0.4 is 5.32 Å². The van der Waals surface area contributed by atoms with Crippen LogP contribution in [0.3, 0.4) is 0 Å². The number of nitrogens with one attached hydrogen (secondary N) is 2. The molecule has 1 fully saturated rings. The lowest BCUT2D eigenvalue weighted by Gasteiger charge is -2.33. The first kappa shape index (κ1) is 15.7. The van der Waals surface area contributed by atoms with Gasteiger partial charge in [0, 0.05) is 19.1 Å². The first-order chi connectivity index (χ1) is 11.2. The smallest absolute Gasteiger partial charge is 0.255 e. The van der Waals surface area contributed by atoms with Crippen LogP contribution in [0.1, 0.15) is 30.2 Å². The Morgan fingerprint density at radius 2 is 2.26 bits per heavy atom. The van der Waals surface area contributed by atoms with Gasteiger partial charge in [-0.1, -0.05) is 30.3 Å². The lowest BCUT2D eigenvalue weighted by atomic mass is 10.0. The van der Waals surface area contributed by atoms with Crippen molar-refractivity contribution >= 4 is 5.91 Å². The second-order valence-electron chi connectivity index (χ2n) is 5.98. The van der Waals surface area contributed by atoms with E-state index in [4.69, 9.17) is 0 Å². The van der Waals surface area contributed by atoms with E-state index in [1.807, 2.05) is 18.2 Å². The number of H-pyrrole nitrogens is 1. The third-order valence-electron chi connectivity index (χ3n) is 4.16. The Kier molecular flexibility index (Phi) is 5.05. The zero-order chi connectivity index (χ0) is 16.1. The minimum atomic E-state index is -1.19. The number of aliphatic hydroxyl groups is 1. The molecule has 1 amide bonds. The van der Waals surface area contributed by atoms with Gasteiger partial charge < -0.3 is 15.4 Å². The molecule has 1 aliphatic rings. The van der Waals surface area contributed by atoms with Gasteiger partial charge in [-0.25, -0.2) is 4.98 Å². The van der Waals surface area contributed by atoms with E-state index in [0.29, 0.717) is 5.69 Å². The minimum absolute atomic E-state index is 0.0672. The SMILES string of the molecule is O=C(NC1CCCN(Cc2ccccc2)C1)C(O)c1cnc[nH]1. The van der Waals surface area contributed by atoms with Crippen LogP contribution in [0, 0.1) is 0 Å². The average Bonchev–Trinajstić information content (AvgIpc) is 3.10. The number of aromatic amines is 1. The molecule has 6 nitrogen and oxygen atoms in total. The van der Waals surface area contributed by atoms with Gasteiger partial charge in [0.15, 0.2) is 6.10 Å². The fourth-order valence-electron chi connectivity index (χ4n) is 3.00. The highest BCUT2D eigenvalue weighted by Crippen LogP contribution is 2.15. The van der Waals surface area contributed by atoms with E-state index < -0.39 is 6.10 Å². The fraction of sp³-hybridized carbons (Fsp3) is 0.412. The molecule has 23 heavy (non-hydrogen) atoms. The van der Waals surface area contributed by atoms with Crippen molar-refractivity contribution in [3.05, 3.63) is 54.1 Å². The molecule has 1 aliphatic heterocycles. The zero-order valence-corrected chi connectivity index (χ0v) is 13.0. The van der Waals surface area contributed by atoms with Gasteiger partial charge in [0.25, 0.3) is 5.91 Å². The van der Waals surface area contributed by atoms with Crippen molar-refractivity contribution in [1.82, 2.24) is 20.2 Å². The predicted molar refractivity (Wildman–Crippen MR) is 86.4 cm³/mol. The standard InChI is InChI=1S/C17H22N4O2/c22-16(15-9-18-12-19-15)17(23)20-14-7-4-8-21(11-14)10-13-5-2-1-3-6-13/h1-3,5-6,9,12,14,16,22H,4,7-8,10-11H2,(H,18,19)(H,20,23). The lowest BCUT2D eigenvalue weighted by Crippen LogP contribution is -2.48. The molecule has 2 aromatic rings. The molecular weight excluding hydrogens is 292 g/mol. The number of hydrogen-bond acceptors (Lipinski definition) is 4. The number of imidazole rings is 1. The molecule has 3 N–H and O–H groups in total. The van der Waals surface area contributed by atoms with Crippen molar-refractivity contribution in [2.24, 2.45) is 0 Å². The van der Waals surface area contributed by atoms with Gasteiger partial charge in [0.05, 0.1) is 18.2 Å². The van der Waals surface area contributed by atoms with E-state index in [0.717, 1.165) is 32.5 Å². The number of carbonyl (C=O) groups is 1. The third kappa shape index (κ3) is 4.18. The van der Waals surface area contributed by atoms with Crippen molar-refractivity contribution in [3.63, 3.8) is 0 Å². The Morgan fingerprint density at radius 3 is 3.00 bits per heavy atom. The molecule has 0 aliphatic carbocycles. The number of nitrogens with zero attached hydrogens (tertiary/aromatic N) is 2. The highest BCUT2D eigenvalue weighted by Gasteiger charge is 2.25. The predicted octanol–water partition coefficient (Wildman–Crippen LogP) is 1.22. The number of benzene rings is 1. The summed E-state index contributed by atoms with van der Waals surface area (Å²) in [4.78, 5) is 21.1. The summed E-state index contributed by atoms with van der Waals surface area (Å²) in [5.41, 5.74) is 1.69. The number of likely N-dealkylation sites (tertiary alicyclic amines) is 1. The Labute approximate surface area is 135 Å². The van der Waals surface area contributed by atoms with E-state index in [9.17, 15) is 9.90 Å². The number of aliphatic hydroxyl groups excluding tert-OH is 1. The second kappa shape index (κ2) is 7.39. The van der Waals surface area contributed by atoms with Crippen LogP contribution in [0.2, 0.25) is 0 Å². The molecule has 3 rings (SSSR count). The van der Waals surface area contributed by atoms with E-state index in [-0.39, 0.29) is 11.9 Å². The fourth-order valence-corrected chi connectivity index (χ4v) is 3.00. The molecule has 1 saturated heterocycles. The van der Waals surface area contributed by atoms with Crippen LogP contribution in [0.25, 0.3) is 0 Å². The lowest BCUT2D eigenvalue weighted by molar-refractivity contribution is -0.130. The maximum absolute atomic E-state index is 12.1. The molecule has 1 aromatic heterocycles. The van der Waals surface area contributed by atoms with Gasteiger partial charge in [-0.15, -0.1) is 0 Å². The normalized spacial score (nSPS) is 20.1. The molecule has 2 atom stereocenters. The molecule has 0 spiro atoms. The Hall–Kier alpha value is -2.18. The average molecular weight is 314 g/mol. The Bertz CT molecular complexity index is 615. The van der Waals surface area contributed by atoms with Crippen molar-refractivity contribution in [2.75, 3.05) is 13.1 Å². The summed E-state index contributed by atoms with van der Waals surface area (Å²) in [5, 5.41) is 13.0. The zero-order valence-electron chi connectivity index (χ0n) is 13.0. The number of rotatable bonds is 5. The van der Waals surface area contributed by atoms with Gasteiger partial charge in [0.2, 0.25) is 0 Å². The van der Waals surface area contributed by atoms with Crippen LogP contribution in [-0.2, 0) is 11.3 Å². The number of amides is 1. The minimum Gasteiger partial charge on any atom is -0.377 e. The van der Waals surface area contributed by atoms with Crippen LogP contribution in [0.15, 0.2) is 42.9 Å². The van der Waals surface area contributed by atoms with Crippen molar-refractivity contribution in [2.45, 2.75) is 31.5 Å². The molecule has 0 bridgehead atoms.